The first-order valence-corrected chi connectivity index (χ1v) is 7.80. The maximum atomic E-state index is 12.3. The van der Waals surface area contributed by atoms with Gasteiger partial charge in [0.15, 0.2) is 0 Å². The Balaban J connectivity index is 1.69. The molecule has 4 nitrogen and oxygen atoms in total. The van der Waals surface area contributed by atoms with Gasteiger partial charge in [-0.1, -0.05) is 23.7 Å². The van der Waals surface area contributed by atoms with Crippen LogP contribution in [0.5, 0.6) is 0 Å². The molecule has 0 bridgehead atoms. The number of rotatable bonds is 4. The second kappa shape index (κ2) is 7.88. The van der Waals surface area contributed by atoms with E-state index in [0.29, 0.717) is 43.2 Å². The molecule has 8 heteroatoms. The van der Waals surface area contributed by atoms with Crippen molar-refractivity contribution in [2.45, 2.75) is 19.0 Å². The number of urea groups is 1. The smallest absolute Gasteiger partial charge is 0.338 e. The van der Waals surface area contributed by atoms with Gasteiger partial charge in [0.05, 0.1) is 17.3 Å². The molecule has 1 heterocycles. The molecule has 1 aromatic rings. The predicted octanol–water partition coefficient (Wildman–Crippen LogP) is 3.74. The number of benzene rings is 1. The molecule has 0 unspecified atom stereocenters. The molecular formula is C15H19ClF3N3O. The van der Waals surface area contributed by atoms with E-state index < -0.39 is 12.7 Å². The summed E-state index contributed by atoms with van der Waals surface area (Å²) in [6.45, 7) is 0.381. The summed E-state index contributed by atoms with van der Waals surface area (Å²) < 4.78 is 36.9. The summed E-state index contributed by atoms with van der Waals surface area (Å²) in [4.78, 5) is 13.2. The largest absolute Gasteiger partial charge is 0.401 e. The van der Waals surface area contributed by atoms with Crippen molar-refractivity contribution < 1.29 is 18.0 Å². The molecule has 2 amide bonds. The third-order valence-corrected chi connectivity index (χ3v) is 4.11. The first-order valence-electron chi connectivity index (χ1n) is 7.42. The highest BCUT2D eigenvalue weighted by Crippen LogP contribution is 2.22. The van der Waals surface area contributed by atoms with E-state index in [2.05, 4.69) is 10.6 Å². The average molecular weight is 350 g/mol. The number of halogens is 4. The monoisotopic (exact) mass is 349 g/mol. The van der Waals surface area contributed by atoms with Crippen LogP contribution in [0.15, 0.2) is 24.3 Å². The molecule has 128 valence electrons. The molecule has 0 aromatic heterocycles. The number of nitrogens with one attached hydrogen (secondary N) is 2. The average Bonchev–Trinajstić information content (AvgIpc) is 2.47. The Morgan fingerprint density at radius 1 is 1.26 bits per heavy atom. The highest BCUT2D eigenvalue weighted by atomic mass is 35.5. The Hall–Kier alpha value is -1.47. The van der Waals surface area contributed by atoms with Crippen LogP contribution in [0.25, 0.3) is 0 Å². The van der Waals surface area contributed by atoms with Crippen LogP contribution in [0.4, 0.5) is 23.7 Å². The number of likely N-dealkylation sites (tertiary alicyclic amines) is 1. The van der Waals surface area contributed by atoms with Gasteiger partial charge in [0.25, 0.3) is 0 Å². The first-order chi connectivity index (χ1) is 10.8. The fourth-order valence-corrected chi connectivity index (χ4v) is 2.75. The summed E-state index contributed by atoms with van der Waals surface area (Å²) >= 11 is 5.95. The maximum absolute atomic E-state index is 12.3. The quantitative estimate of drug-likeness (QED) is 0.869. The standard InChI is InChI=1S/C15H19ClF3N3O/c16-12-3-1-2-4-13(12)21-14(23)20-9-11-5-7-22(8-6-11)10-15(17,18)19/h1-4,11H,5-10H2,(H2,20,21,23). The molecular weight excluding hydrogens is 331 g/mol. The van der Waals surface area contributed by atoms with Crippen LogP contribution in [-0.4, -0.2) is 43.3 Å². The molecule has 1 fully saturated rings. The first kappa shape index (κ1) is 17.9. The second-order valence-electron chi connectivity index (χ2n) is 5.65. The Morgan fingerprint density at radius 3 is 2.52 bits per heavy atom. The van der Waals surface area contributed by atoms with E-state index >= 15 is 0 Å². The Kier molecular flexibility index (Phi) is 6.12. The minimum Gasteiger partial charge on any atom is -0.338 e. The molecule has 23 heavy (non-hydrogen) atoms. The Bertz CT molecular complexity index is 531. The minimum absolute atomic E-state index is 0.191. The van der Waals surface area contributed by atoms with Crippen molar-refractivity contribution in [3.05, 3.63) is 29.3 Å². The van der Waals surface area contributed by atoms with Gasteiger partial charge in [-0.05, 0) is 44.0 Å². The van der Waals surface area contributed by atoms with Gasteiger partial charge in [-0.15, -0.1) is 0 Å². The van der Waals surface area contributed by atoms with Gasteiger partial charge >= 0.3 is 12.2 Å². The normalized spacial score (nSPS) is 17.0. The molecule has 2 rings (SSSR count). The van der Waals surface area contributed by atoms with E-state index in [1.165, 1.54) is 4.90 Å². The van der Waals surface area contributed by atoms with Gasteiger partial charge in [-0.2, -0.15) is 13.2 Å². The zero-order valence-electron chi connectivity index (χ0n) is 12.5. The van der Waals surface area contributed by atoms with E-state index in [1.807, 2.05) is 0 Å². The number of carbonyl (C=O) groups is 1. The Labute approximate surface area is 138 Å². The number of para-hydroxylation sites is 1. The molecule has 0 radical (unpaired) electrons. The molecule has 0 spiro atoms. The van der Waals surface area contributed by atoms with E-state index in [4.69, 9.17) is 11.6 Å². The Morgan fingerprint density at radius 2 is 1.91 bits per heavy atom. The van der Waals surface area contributed by atoms with E-state index in [0.717, 1.165) is 0 Å². The van der Waals surface area contributed by atoms with Crippen molar-refractivity contribution in [2.24, 2.45) is 5.92 Å². The number of carbonyl (C=O) groups excluding carboxylic acids is 1. The lowest BCUT2D eigenvalue weighted by molar-refractivity contribution is -0.148. The van der Waals surface area contributed by atoms with Gasteiger partial charge in [0.1, 0.15) is 0 Å². The van der Waals surface area contributed by atoms with Crippen LogP contribution in [0.2, 0.25) is 5.02 Å². The molecule has 1 saturated heterocycles. The van der Waals surface area contributed by atoms with Gasteiger partial charge in [-0.25, -0.2) is 4.79 Å². The number of hydrogen-bond donors (Lipinski definition) is 2. The zero-order chi connectivity index (χ0) is 16.9. The summed E-state index contributed by atoms with van der Waals surface area (Å²) in [6.07, 6.45) is -2.87. The van der Waals surface area contributed by atoms with Gasteiger partial charge in [0, 0.05) is 6.54 Å². The van der Waals surface area contributed by atoms with Crippen LogP contribution in [0, 0.1) is 5.92 Å². The van der Waals surface area contributed by atoms with Gasteiger partial charge in [-0.3, -0.25) is 4.90 Å². The van der Waals surface area contributed by atoms with Crippen molar-refractivity contribution >= 4 is 23.3 Å². The highest BCUT2D eigenvalue weighted by molar-refractivity contribution is 6.33. The van der Waals surface area contributed by atoms with Crippen molar-refractivity contribution in [3.63, 3.8) is 0 Å². The fraction of sp³-hybridized carbons (Fsp3) is 0.533. The summed E-state index contributed by atoms with van der Waals surface area (Å²) in [5.74, 6) is 0.191. The molecule has 1 aliphatic rings. The number of hydrogen-bond acceptors (Lipinski definition) is 2. The number of nitrogens with zero attached hydrogens (tertiary/aromatic N) is 1. The lowest BCUT2D eigenvalue weighted by Gasteiger charge is -2.32. The molecule has 2 N–H and O–H groups in total. The summed E-state index contributed by atoms with van der Waals surface area (Å²) in [5.41, 5.74) is 0.520. The van der Waals surface area contributed by atoms with Crippen molar-refractivity contribution in [1.29, 1.82) is 0 Å². The summed E-state index contributed by atoms with van der Waals surface area (Å²) in [7, 11) is 0. The minimum atomic E-state index is -4.15. The van der Waals surface area contributed by atoms with E-state index in [1.54, 1.807) is 24.3 Å². The topological polar surface area (TPSA) is 44.4 Å². The van der Waals surface area contributed by atoms with Gasteiger partial charge in [0.2, 0.25) is 0 Å². The van der Waals surface area contributed by atoms with Crippen molar-refractivity contribution in [1.82, 2.24) is 10.2 Å². The van der Waals surface area contributed by atoms with Crippen LogP contribution >= 0.6 is 11.6 Å². The number of amides is 2. The highest BCUT2D eigenvalue weighted by Gasteiger charge is 2.32. The third-order valence-electron chi connectivity index (χ3n) is 3.78. The SMILES string of the molecule is O=C(NCC1CCN(CC(F)(F)F)CC1)Nc1ccccc1Cl. The number of anilines is 1. The van der Waals surface area contributed by atoms with Crippen LogP contribution in [0.1, 0.15) is 12.8 Å². The van der Waals surface area contributed by atoms with E-state index in [9.17, 15) is 18.0 Å². The van der Waals surface area contributed by atoms with Crippen LogP contribution in [-0.2, 0) is 0 Å². The molecule has 0 aliphatic carbocycles. The third kappa shape index (κ3) is 6.27. The van der Waals surface area contributed by atoms with Crippen LogP contribution in [0.3, 0.4) is 0 Å². The number of piperidine rings is 1. The maximum Gasteiger partial charge on any atom is 0.401 e. The lowest BCUT2D eigenvalue weighted by atomic mass is 9.97. The molecule has 1 aromatic carbocycles. The number of alkyl halides is 3. The predicted molar refractivity (Wildman–Crippen MR) is 83.7 cm³/mol. The molecule has 0 saturated carbocycles. The fourth-order valence-electron chi connectivity index (χ4n) is 2.57. The lowest BCUT2D eigenvalue weighted by Crippen LogP contribution is -2.43. The molecule has 0 atom stereocenters. The molecule has 1 aliphatic heterocycles. The summed E-state index contributed by atoms with van der Waals surface area (Å²) in [6, 6.07) is 6.53. The zero-order valence-corrected chi connectivity index (χ0v) is 13.3. The van der Waals surface area contributed by atoms with Gasteiger partial charge < -0.3 is 10.6 Å². The summed E-state index contributed by atoms with van der Waals surface area (Å²) in [5, 5.41) is 5.84. The van der Waals surface area contributed by atoms with Crippen LogP contribution < -0.4 is 10.6 Å². The second-order valence-corrected chi connectivity index (χ2v) is 6.06. The van der Waals surface area contributed by atoms with Crippen molar-refractivity contribution in [2.75, 3.05) is 31.5 Å². The van der Waals surface area contributed by atoms with E-state index in [-0.39, 0.29) is 11.9 Å². The van der Waals surface area contributed by atoms with Crippen molar-refractivity contribution in [3.8, 4) is 0 Å².